The van der Waals surface area contributed by atoms with E-state index in [1.165, 1.54) is 63.7 Å². The molecule has 0 unspecified atom stereocenters. The molecule has 9 nitrogen and oxygen atoms in total. The Bertz CT molecular complexity index is 1640. The minimum atomic E-state index is -3.92. The fourth-order valence-corrected chi connectivity index (χ4v) is 5.39. The number of para-hydroxylation sites is 1. The maximum absolute atomic E-state index is 13.2. The summed E-state index contributed by atoms with van der Waals surface area (Å²) in [5.41, 5.74) is 2.28. The summed E-state index contributed by atoms with van der Waals surface area (Å²) >= 11 is 0. The smallest absolute Gasteiger partial charge is 0.264 e. The molecule has 0 aliphatic carbocycles. The quantitative estimate of drug-likeness (QED) is 0.267. The molecule has 4 aromatic rings. The maximum atomic E-state index is 13.2. The summed E-state index contributed by atoms with van der Waals surface area (Å²) in [6, 6.07) is 26.5. The number of sulfonamides is 1. The highest BCUT2D eigenvalue weighted by Gasteiger charge is 2.24. The van der Waals surface area contributed by atoms with Crippen LogP contribution in [0.1, 0.15) is 39.2 Å². The van der Waals surface area contributed by atoms with Gasteiger partial charge in [0.25, 0.3) is 21.8 Å². The fraction of sp³-hybridized carbons (Fsp3) is 0.161. The second-order valence-corrected chi connectivity index (χ2v) is 11.1. The van der Waals surface area contributed by atoms with Gasteiger partial charge in [-0.25, -0.2) is 8.42 Å². The Morgan fingerprint density at radius 3 is 2.07 bits per heavy atom. The Morgan fingerprint density at radius 2 is 1.41 bits per heavy atom. The number of anilines is 2. The van der Waals surface area contributed by atoms with Crippen molar-refractivity contribution in [3.8, 4) is 11.5 Å². The molecular weight excluding hydrogens is 542 g/mol. The van der Waals surface area contributed by atoms with E-state index in [1.54, 1.807) is 24.3 Å². The number of nitrogens with one attached hydrogen (secondary N) is 2. The van der Waals surface area contributed by atoms with Crippen molar-refractivity contribution in [1.29, 1.82) is 0 Å². The Morgan fingerprint density at radius 1 is 0.780 bits per heavy atom. The molecule has 0 saturated heterocycles. The van der Waals surface area contributed by atoms with Crippen LogP contribution in [0.15, 0.2) is 102 Å². The molecule has 2 N–H and O–H groups in total. The summed E-state index contributed by atoms with van der Waals surface area (Å²) in [7, 11) is 0.396. The minimum absolute atomic E-state index is 0.0240. The van der Waals surface area contributed by atoms with Gasteiger partial charge in [0.1, 0.15) is 0 Å². The number of ether oxygens (including phenoxy) is 2. The number of amides is 2. The lowest BCUT2D eigenvalue weighted by Crippen LogP contribution is -2.28. The largest absolute Gasteiger partial charge is 0.493 e. The molecule has 0 aliphatic rings. The summed E-state index contributed by atoms with van der Waals surface area (Å²) in [4.78, 5) is 26.1. The van der Waals surface area contributed by atoms with Gasteiger partial charge in [-0.2, -0.15) is 0 Å². The highest BCUT2D eigenvalue weighted by atomic mass is 32.2. The zero-order chi connectivity index (χ0) is 29.6. The number of methoxy groups -OCH3 is 2. The number of carbonyl (C=O) groups is 2. The predicted molar refractivity (Wildman–Crippen MR) is 158 cm³/mol. The van der Waals surface area contributed by atoms with E-state index in [4.69, 9.17) is 9.47 Å². The van der Waals surface area contributed by atoms with Crippen LogP contribution in [-0.2, 0) is 10.0 Å². The number of benzene rings is 4. The van der Waals surface area contributed by atoms with Gasteiger partial charge in [0.15, 0.2) is 11.5 Å². The molecule has 0 aromatic heterocycles. The summed E-state index contributed by atoms with van der Waals surface area (Å²) in [6.07, 6.45) is 0. The van der Waals surface area contributed by atoms with Gasteiger partial charge in [0.05, 0.1) is 42.1 Å². The van der Waals surface area contributed by atoms with Crippen LogP contribution in [0.3, 0.4) is 0 Å². The topological polar surface area (TPSA) is 114 Å². The van der Waals surface area contributed by atoms with Gasteiger partial charge in [-0.3, -0.25) is 13.9 Å². The molecule has 212 valence electrons. The lowest BCUT2D eigenvalue weighted by atomic mass is 10.1. The molecule has 0 aliphatic heterocycles. The second kappa shape index (κ2) is 12.6. The van der Waals surface area contributed by atoms with Crippen LogP contribution in [0.25, 0.3) is 0 Å². The Kier molecular flexibility index (Phi) is 8.94. The standard InChI is InChI=1S/C31H31N3O6S/c1-21(22-10-6-5-7-11-22)32-31(36)26-12-8-9-13-27(26)33-30(35)23-14-16-24(17-15-23)34(2)41(37,38)25-18-19-28(39-3)29(20-25)40-4/h5-21H,1-4H3,(H,32,36)(H,33,35)/t21-/m0/s1. The predicted octanol–water partition coefficient (Wildman–Crippen LogP) is 5.27. The highest BCUT2D eigenvalue weighted by Crippen LogP contribution is 2.31. The van der Waals surface area contributed by atoms with Gasteiger partial charge in [-0.15, -0.1) is 0 Å². The van der Waals surface area contributed by atoms with Crippen LogP contribution in [0.4, 0.5) is 11.4 Å². The van der Waals surface area contributed by atoms with E-state index in [-0.39, 0.29) is 22.6 Å². The summed E-state index contributed by atoms with van der Waals surface area (Å²) in [5.74, 6) is -0.0698. The third kappa shape index (κ3) is 6.50. The van der Waals surface area contributed by atoms with Crippen LogP contribution < -0.4 is 24.4 Å². The maximum Gasteiger partial charge on any atom is 0.264 e. The number of nitrogens with zero attached hydrogens (tertiary/aromatic N) is 1. The third-order valence-electron chi connectivity index (χ3n) is 6.57. The van der Waals surface area contributed by atoms with Gasteiger partial charge in [-0.1, -0.05) is 42.5 Å². The first-order valence-electron chi connectivity index (χ1n) is 12.7. The Labute approximate surface area is 239 Å². The summed E-state index contributed by atoms with van der Waals surface area (Å²) in [5, 5.41) is 5.75. The summed E-state index contributed by atoms with van der Waals surface area (Å²) in [6.45, 7) is 1.89. The van der Waals surface area contributed by atoms with Gasteiger partial charge in [0.2, 0.25) is 0 Å². The van der Waals surface area contributed by atoms with E-state index < -0.39 is 15.9 Å². The van der Waals surface area contributed by atoms with Crippen molar-refractivity contribution in [3.05, 3.63) is 114 Å². The van der Waals surface area contributed by atoms with E-state index in [1.807, 2.05) is 37.3 Å². The first-order valence-corrected chi connectivity index (χ1v) is 14.2. The lowest BCUT2D eigenvalue weighted by Gasteiger charge is -2.20. The molecule has 0 radical (unpaired) electrons. The minimum Gasteiger partial charge on any atom is -0.493 e. The van der Waals surface area contributed by atoms with Gasteiger partial charge in [0, 0.05) is 18.7 Å². The molecule has 0 saturated carbocycles. The van der Waals surface area contributed by atoms with Crippen molar-refractivity contribution in [3.63, 3.8) is 0 Å². The average Bonchev–Trinajstić information content (AvgIpc) is 3.00. The number of hydrogen-bond donors (Lipinski definition) is 2. The van der Waals surface area contributed by atoms with Crippen LogP contribution >= 0.6 is 0 Å². The molecule has 10 heteroatoms. The summed E-state index contributed by atoms with van der Waals surface area (Å²) < 4.78 is 38.0. The van der Waals surface area contributed by atoms with Crippen LogP contribution in [-0.4, -0.2) is 41.5 Å². The van der Waals surface area contributed by atoms with Gasteiger partial charge in [-0.05, 0) is 61.0 Å². The molecule has 0 heterocycles. The molecule has 0 bridgehead atoms. The molecule has 4 aromatic carbocycles. The molecular formula is C31H31N3O6S. The molecule has 2 amide bonds. The third-order valence-corrected chi connectivity index (χ3v) is 8.36. The number of rotatable bonds is 10. The van der Waals surface area contributed by atoms with Crippen molar-refractivity contribution in [2.75, 3.05) is 30.9 Å². The van der Waals surface area contributed by atoms with Crippen LogP contribution in [0, 0.1) is 0 Å². The van der Waals surface area contributed by atoms with Crippen molar-refractivity contribution in [2.24, 2.45) is 0 Å². The average molecular weight is 574 g/mol. The number of hydrogen-bond acceptors (Lipinski definition) is 6. The zero-order valence-electron chi connectivity index (χ0n) is 23.1. The van der Waals surface area contributed by atoms with E-state index in [0.717, 1.165) is 9.87 Å². The van der Waals surface area contributed by atoms with Crippen molar-refractivity contribution in [2.45, 2.75) is 17.9 Å². The van der Waals surface area contributed by atoms with Crippen LogP contribution in [0.2, 0.25) is 0 Å². The Hall–Kier alpha value is -4.83. The Balaban J connectivity index is 1.48. The van der Waals surface area contributed by atoms with Crippen LogP contribution in [0.5, 0.6) is 11.5 Å². The van der Waals surface area contributed by atoms with Crippen molar-refractivity contribution in [1.82, 2.24) is 5.32 Å². The molecule has 1 atom stereocenters. The molecule has 41 heavy (non-hydrogen) atoms. The fourth-order valence-electron chi connectivity index (χ4n) is 4.18. The molecule has 4 rings (SSSR count). The SMILES string of the molecule is COc1ccc(S(=O)(=O)N(C)c2ccc(C(=O)Nc3ccccc3C(=O)N[C@@H](C)c3ccccc3)cc2)cc1OC. The van der Waals surface area contributed by atoms with Crippen molar-refractivity contribution >= 4 is 33.2 Å². The van der Waals surface area contributed by atoms with Crippen molar-refractivity contribution < 1.29 is 27.5 Å². The first kappa shape index (κ1) is 29.2. The van der Waals surface area contributed by atoms with E-state index >= 15 is 0 Å². The highest BCUT2D eigenvalue weighted by molar-refractivity contribution is 7.92. The van der Waals surface area contributed by atoms with E-state index in [9.17, 15) is 18.0 Å². The lowest BCUT2D eigenvalue weighted by molar-refractivity contribution is 0.0940. The zero-order valence-corrected chi connectivity index (χ0v) is 23.9. The second-order valence-electron chi connectivity index (χ2n) is 9.14. The molecule has 0 spiro atoms. The monoisotopic (exact) mass is 573 g/mol. The van der Waals surface area contributed by atoms with E-state index in [2.05, 4.69) is 10.6 Å². The normalized spacial score (nSPS) is 11.7. The van der Waals surface area contributed by atoms with Gasteiger partial charge >= 0.3 is 0 Å². The first-order chi connectivity index (χ1) is 19.6. The van der Waals surface area contributed by atoms with Gasteiger partial charge < -0.3 is 20.1 Å². The van der Waals surface area contributed by atoms with E-state index in [0.29, 0.717) is 28.3 Å². The number of carbonyl (C=O) groups excluding carboxylic acids is 2. The molecule has 0 fully saturated rings.